The van der Waals surface area contributed by atoms with Gasteiger partial charge in [-0.25, -0.2) is 4.98 Å². The number of aromatic nitrogens is 1. The summed E-state index contributed by atoms with van der Waals surface area (Å²) in [6.45, 7) is 4.13. The van der Waals surface area contributed by atoms with Crippen LogP contribution in [-0.4, -0.2) is 30.0 Å². The number of hydrogen-bond donors (Lipinski definition) is 1. The van der Waals surface area contributed by atoms with Crippen LogP contribution in [0.1, 0.15) is 31.1 Å². The molecule has 96 valence electrons. The smallest absolute Gasteiger partial charge is 0.182 e. The first-order valence-corrected chi connectivity index (χ1v) is 8.23. The molecule has 0 radical (unpaired) electrons. The zero-order valence-electron chi connectivity index (χ0n) is 10.3. The van der Waals surface area contributed by atoms with Crippen molar-refractivity contribution in [1.82, 2.24) is 4.98 Å². The van der Waals surface area contributed by atoms with E-state index in [1.54, 1.807) is 11.3 Å². The maximum absolute atomic E-state index is 5.60. The van der Waals surface area contributed by atoms with Crippen molar-refractivity contribution in [2.45, 2.75) is 38.0 Å². The van der Waals surface area contributed by atoms with Gasteiger partial charge in [-0.3, -0.25) is 0 Å². The second-order valence-electron chi connectivity index (χ2n) is 4.21. The van der Waals surface area contributed by atoms with Crippen LogP contribution in [0.4, 0.5) is 5.13 Å². The Balaban J connectivity index is 1.65. The number of thioether (sulfide) groups is 1. The van der Waals surface area contributed by atoms with Crippen LogP contribution in [0.2, 0.25) is 0 Å². The molecule has 1 saturated heterocycles. The van der Waals surface area contributed by atoms with Crippen LogP contribution < -0.4 is 5.32 Å². The first-order chi connectivity index (χ1) is 8.38. The minimum absolute atomic E-state index is 0.491. The van der Waals surface area contributed by atoms with Gasteiger partial charge in [0, 0.05) is 35.7 Å². The van der Waals surface area contributed by atoms with E-state index in [0.717, 1.165) is 36.2 Å². The summed E-state index contributed by atoms with van der Waals surface area (Å²) >= 11 is 3.73. The van der Waals surface area contributed by atoms with Crippen LogP contribution in [-0.2, 0) is 10.5 Å². The summed E-state index contributed by atoms with van der Waals surface area (Å²) in [5, 5.41) is 4.37. The second kappa shape index (κ2) is 7.24. The molecular formula is C12H20N2OS2. The molecule has 0 amide bonds. The van der Waals surface area contributed by atoms with E-state index in [9.17, 15) is 0 Å². The topological polar surface area (TPSA) is 34.2 Å². The summed E-state index contributed by atoms with van der Waals surface area (Å²) in [5.41, 5.74) is 0. The molecule has 1 aliphatic heterocycles. The highest BCUT2D eigenvalue weighted by molar-refractivity contribution is 7.98. The van der Waals surface area contributed by atoms with E-state index in [4.69, 9.17) is 4.74 Å². The average molecular weight is 272 g/mol. The summed E-state index contributed by atoms with van der Waals surface area (Å²) in [6.07, 6.45) is 6.09. The van der Waals surface area contributed by atoms with Gasteiger partial charge in [-0.1, -0.05) is 6.92 Å². The fourth-order valence-corrected chi connectivity index (χ4v) is 3.79. The molecule has 1 aromatic heterocycles. The Morgan fingerprint density at radius 3 is 3.35 bits per heavy atom. The van der Waals surface area contributed by atoms with Crippen LogP contribution in [0, 0.1) is 0 Å². The highest BCUT2D eigenvalue weighted by Gasteiger charge is 2.15. The van der Waals surface area contributed by atoms with Crippen molar-refractivity contribution in [1.29, 1.82) is 0 Å². The normalized spacial score (nSPS) is 19.7. The van der Waals surface area contributed by atoms with Gasteiger partial charge in [0.25, 0.3) is 0 Å². The molecule has 3 nitrogen and oxygen atoms in total. The quantitative estimate of drug-likeness (QED) is 0.825. The third-order valence-electron chi connectivity index (χ3n) is 2.65. The number of thiazole rings is 1. The zero-order valence-corrected chi connectivity index (χ0v) is 11.9. The minimum atomic E-state index is 0.491. The SMILES string of the molecule is CCCNc1ncc(CSCC2CCCO2)s1. The van der Waals surface area contributed by atoms with Gasteiger partial charge in [-0.2, -0.15) is 11.8 Å². The molecule has 1 aromatic rings. The van der Waals surface area contributed by atoms with Crippen molar-refractivity contribution < 1.29 is 4.74 Å². The van der Waals surface area contributed by atoms with Crippen LogP contribution in [0.15, 0.2) is 6.20 Å². The summed E-state index contributed by atoms with van der Waals surface area (Å²) in [5.74, 6) is 2.18. The molecule has 0 aromatic carbocycles. The van der Waals surface area contributed by atoms with Crippen LogP contribution in [0.3, 0.4) is 0 Å². The summed E-state index contributed by atoms with van der Waals surface area (Å²) in [7, 11) is 0. The molecule has 1 fully saturated rings. The van der Waals surface area contributed by atoms with Gasteiger partial charge in [-0.15, -0.1) is 11.3 Å². The zero-order chi connectivity index (χ0) is 11.9. The van der Waals surface area contributed by atoms with E-state index in [-0.39, 0.29) is 0 Å². The van der Waals surface area contributed by atoms with Crippen LogP contribution in [0.5, 0.6) is 0 Å². The lowest BCUT2D eigenvalue weighted by molar-refractivity contribution is 0.129. The molecule has 1 unspecified atom stereocenters. The molecule has 0 spiro atoms. The molecule has 0 saturated carbocycles. The summed E-state index contributed by atoms with van der Waals surface area (Å²) < 4.78 is 5.60. The van der Waals surface area contributed by atoms with E-state index in [0.29, 0.717) is 6.10 Å². The number of hydrogen-bond acceptors (Lipinski definition) is 5. The number of ether oxygens (including phenoxy) is 1. The van der Waals surface area contributed by atoms with Crippen LogP contribution in [0.25, 0.3) is 0 Å². The lowest BCUT2D eigenvalue weighted by Gasteiger charge is -2.07. The molecule has 1 aliphatic rings. The lowest BCUT2D eigenvalue weighted by Crippen LogP contribution is -2.07. The van der Waals surface area contributed by atoms with Gasteiger partial charge in [-0.05, 0) is 19.3 Å². The van der Waals surface area contributed by atoms with Gasteiger partial charge in [0.15, 0.2) is 5.13 Å². The van der Waals surface area contributed by atoms with Gasteiger partial charge in [0.2, 0.25) is 0 Å². The Morgan fingerprint density at radius 1 is 1.65 bits per heavy atom. The Bertz CT molecular complexity index is 324. The van der Waals surface area contributed by atoms with Crippen molar-refractivity contribution in [2.24, 2.45) is 0 Å². The minimum Gasteiger partial charge on any atom is -0.377 e. The van der Waals surface area contributed by atoms with E-state index in [1.165, 1.54) is 17.7 Å². The average Bonchev–Trinajstić information content (AvgIpc) is 2.98. The molecule has 0 aliphatic carbocycles. The molecule has 1 N–H and O–H groups in total. The maximum atomic E-state index is 5.60. The van der Waals surface area contributed by atoms with Gasteiger partial charge in [0.05, 0.1) is 6.10 Å². The lowest BCUT2D eigenvalue weighted by atomic mass is 10.3. The first kappa shape index (κ1) is 13.2. The van der Waals surface area contributed by atoms with Crippen molar-refractivity contribution >= 4 is 28.2 Å². The monoisotopic (exact) mass is 272 g/mol. The largest absolute Gasteiger partial charge is 0.377 e. The molecular weight excluding hydrogens is 252 g/mol. The van der Waals surface area contributed by atoms with Crippen molar-refractivity contribution in [2.75, 3.05) is 24.2 Å². The van der Waals surface area contributed by atoms with Crippen molar-refractivity contribution in [3.63, 3.8) is 0 Å². The number of anilines is 1. The van der Waals surface area contributed by atoms with E-state index in [2.05, 4.69) is 17.2 Å². The first-order valence-electron chi connectivity index (χ1n) is 6.26. The Kier molecular flexibility index (Phi) is 5.61. The third-order valence-corrected chi connectivity index (χ3v) is 4.91. The highest BCUT2D eigenvalue weighted by atomic mass is 32.2. The molecule has 0 bridgehead atoms. The van der Waals surface area contributed by atoms with E-state index in [1.807, 2.05) is 18.0 Å². The molecule has 2 heterocycles. The standard InChI is InChI=1S/C12H20N2OS2/c1-2-5-13-12-14-7-11(17-12)9-16-8-10-4-3-6-15-10/h7,10H,2-6,8-9H2,1H3,(H,13,14). The molecule has 1 atom stereocenters. The van der Waals surface area contributed by atoms with Crippen molar-refractivity contribution in [3.05, 3.63) is 11.1 Å². The van der Waals surface area contributed by atoms with Crippen LogP contribution >= 0.6 is 23.1 Å². The maximum Gasteiger partial charge on any atom is 0.182 e. The number of nitrogens with one attached hydrogen (secondary N) is 1. The fraction of sp³-hybridized carbons (Fsp3) is 0.750. The fourth-order valence-electron chi connectivity index (χ4n) is 1.75. The Morgan fingerprint density at radius 2 is 2.59 bits per heavy atom. The van der Waals surface area contributed by atoms with Gasteiger partial charge < -0.3 is 10.1 Å². The highest BCUT2D eigenvalue weighted by Crippen LogP contribution is 2.25. The number of nitrogens with zero attached hydrogens (tertiary/aromatic N) is 1. The predicted molar refractivity (Wildman–Crippen MR) is 76.0 cm³/mol. The van der Waals surface area contributed by atoms with Gasteiger partial charge >= 0.3 is 0 Å². The van der Waals surface area contributed by atoms with Crippen molar-refractivity contribution in [3.8, 4) is 0 Å². The van der Waals surface area contributed by atoms with E-state index >= 15 is 0 Å². The summed E-state index contributed by atoms with van der Waals surface area (Å²) in [4.78, 5) is 5.72. The third kappa shape index (κ3) is 4.48. The predicted octanol–water partition coefficient (Wildman–Crippen LogP) is 3.38. The van der Waals surface area contributed by atoms with Gasteiger partial charge in [0.1, 0.15) is 0 Å². The number of rotatable bonds is 7. The second-order valence-corrected chi connectivity index (χ2v) is 6.35. The Hall–Kier alpha value is -0.260. The molecule has 5 heteroatoms. The summed E-state index contributed by atoms with van der Waals surface area (Å²) in [6, 6.07) is 0. The Labute approximate surface area is 111 Å². The molecule has 17 heavy (non-hydrogen) atoms. The van der Waals surface area contributed by atoms with E-state index < -0.39 is 0 Å². The molecule has 2 rings (SSSR count).